The zero-order chi connectivity index (χ0) is 15.1. The van der Waals surface area contributed by atoms with Gasteiger partial charge in [-0.2, -0.15) is 5.26 Å². The highest BCUT2D eigenvalue weighted by molar-refractivity contribution is 6.30. The van der Waals surface area contributed by atoms with Crippen LogP contribution < -0.4 is 5.32 Å². The fraction of sp³-hybridized carbons (Fsp3) is 0.125. The van der Waals surface area contributed by atoms with Crippen LogP contribution in [0.5, 0.6) is 0 Å². The summed E-state index contributed by atoms with van der Waals surface area (Å²) in [5, 5.41) is 12.2. The van der Waals surface area contributed by atoms with Crippen LogP contribution in [-0.2, 0) is 11.3 Å². The maximum atomic E-state index is 11.7. The van der Waals surface area contributed by atoms with Gasteiger partial charge < -0.3 is 10.1 Å². The molecule has 106 valence electrons. The number of hydrogen-bond donors (Lipinski definition) is 1. The summed E-state index contributed by atoms with van der Waals surface area (Å²) in [6, 6.07) is 17.3. The molecule has 0 bridgehead atoms. The first-order valence-corrected chi connectivity index (χ1v) is 6.69. The number of nitrogens with one attached hydrogen (secondary N) is 1. The van der Waals surface area contributed by atoms with E-state index in [2.05, 4.69) is 5.32 Å². The number of benzene rings is 2. The molecule has 0 aliphatic rings. The maximum absolute atomic E-state index is 11.7. The van der Waals surface area contributed by atoms with Crippen LogP contribution in [0.25, 0.3) is 0 Å². The lowest BCUT2D eigenvalue weighted by atomic mass is 10.1. The summed E-state index contributed by atoms with van der Waals surface area (Å²) in [5.41, 5.74) is 1.53. The van der Waals surface area contributed by atoms with Gasteiger partial charge in [0.2, 0.25) is 0 Å². The van der Waals surface area contributed by atoms with Crippen molar-refractivity contribution in [3.63, 3.8) is 0 Å². The van der Waals surface area contributed by atoms with Crippen LogP contribution in [0.15, 0.2) is 54.6 Å². The highest BCUT2D eigenvalue weighted by Crippen LogP contribution is 2.16. The number of amides is 1. The van der Waals surface area contributed by atoms with Crippen LogP contribution in [0.1, 0.15) is 17.2 Å². The number of rotatable bonds is 4. The normalized spacial score (nSPS) is 11.2. The molecule has 1 unspecified atom stereocenters. The molecule has 2 aromatic carbocycles. The molecule has 0 aliphatic heterocycles. The van der Waals surface area contributed by atoms with Crippen molar-refractivity contribution >= 4 is 17.7 Å². The fourth-order valence-electron chi connectivity index (χ4n) is 1.73. The topological polar surface area (TPSA) is 62.1 Å². The number of carbonyl (C=O) groups excluding carboxylic acids is 1. The predicted octanol–water partition coefficient (Wildman–Crippen LogP) is 3.83. The fourth-order valence-corrected chi connectivity index (χ4v) is 1.85. The van der Waals surface area contributed by atoms with Crippen LogP contribution in [0.4, 0.5) is 4.79 Å². The minimum absolute atomic E-state index is 0.158. The second-order valence-electron chi connectivity index (χ2n) is 4.32. The minimum Gasteiger partial charge on any atom is -0.445 e. The van der Waals surface area contributed by atoms with Crippen molar-refractivity contribution in [2.24, 2.45) is 0 Å². The van der Waals surface area contributed by atoms with Crippen LogP contribution in [0, 0.1) is 11.3 Å². The Hall–Kier alpha value is -2.51. The number of alkyl carbamates (subject to hydrolysis) is 1. The molecule has 5 heteroatoms. The van der Waals surface area contributed by atoms with E-state index >= 15 is 0 Å². The number of nitriles is 1. The van der Waals surface area contributed by atoms with Crippen molar-refractivity contribution in [3.8, 4) is 6.07 Å². The predicted molar refractivity (Wildman–Crippen MR) is 79.6 cm³/mol. The third kappa shape index (κ3) is 4.51. The van der Waals surface area contributed by atoms with Gasteiger partial charge in [0.25, 0.3) is 0 Å². The molecule has 0 fully saturated rings. The summed E-state index contributed by atoms with van der Waals surface area (Å²) in [6.45, 7) is 0.158. The summed E-state index contributed by atoms with van der Waals surface area (Å²) < 4.78 is 5.08. The Bertz CT molecular complexity index is 636. The van der Waals surface area contributed by atoms with Crippen LogP contribution >= 0.6 is 11.6 Å². The van der Waals surface area contributed by atoms with Gasteiger partial charge in [0.15, 0.2) is 0 Å². The minimum atomic E-state index is -0.773. The lowest BCUT2D eigenvalue weighted by Gasteiger charge is -2.12. The molecule has 0 spiro atoms. The zero-order valence-electron chi connectivity index (χ0n) is 11.1. The smallest absolute Gasteiger partial charge is 0.408 e. The van der Waals surface area contributed by atoms with Gasteiger partial charge in [0.1, 0.15) is 12.6 Å². The van der Waals surface area contributed by atoms with Crippen molar-refractivity contribution in [2.45, 2.75) is 12.6 Å². The van der Waals surface area contributed by atoms with Gasteiger partial charge in [-0.25, -0.2) is 4.79 Å². The molecule has 0 saturated carbocycles. The zero-order valence-corrected chi connectivity index (χ0v) is 11.9. The number of nitrogens with zero attached hydrogens (tertiary/aromatic N) is 1. The van der Waals surface area contributed by atoms with Gasteiger partial charge in [-0.15, -0.1) is 0 Å². The van der Waals surface area contributed by atoms with Gasteiger partial charge in [0.05, 0.1) is 6.07 Å². The van der Waals surface area contributed by atoms with Gasteiger partial charge in [-0.05, 0) is 23.3 Å². The van der Waals surface area contributed by atoms with Crippen molar-refractivity contribution < 1.29 is 9.53 Å². The summed E-state index contributed by atoms with van der Waals surface area (Å²) in [6.07, 6.45) is -0.639. The van der Waals surface area contributed by atoms with Crippen molar-refractivity contribution in [2.75, 3.05) is 0 Å². The molecule has 0 aliphatic carbocycles. The SMILES string of the molecule is N#CC(NC(=O)OCc1ccccc1)c1ccc(Cl)cc1. The Kier molecular flexibility index (Phi) is 5.19. The Balaban J connectivity index is 1.91. The maximum Gasteiger partial charge on any atom is 0.408 e. The number of halogens is 1. The summed E-state index contributed by atoms with van der Waals surface area (Å²) in [7, 11) is 0. The molecule has 4 nitrogen and oxygen atoms in total. The van der Waals surface area contributed by atoms with E-state index < -0.39 is 12.1 Å². The van der Waals surface area contributed by atoms with Crippen molar-refractivity contribution in [1.82, 2.24) is 5.32 Å². The van der Waals surface area contributed by atoms with Gasteiger partial charge in [-0.3, -0.25) is 0 Å². The van der Waals surface area contributed by atoms with E-state index in [1.54, 1.807) is 24.3 Å². The first-order chi connectivity index (χ1) is 10.2. The molecule has 0 heterocycles. The van der Waals surface area contributed by atoms with Gasteiger partial charge >= 0.3 is 6.09 Å². The highest BCUT2D eigenvalue weighted by Gasteiger charge is 2.14. The molecule has 1 atom stereocenters. The average Bonchev–Trinajstić information content (AvgIpc) is 2.52. The van der Waals surface area contributed by atoms with Gasteiger partial charge in [-0.1, -0.05) is 54.1 Å². The van der Waals surface area contributed by atoms with Crippen molar-refractivity contribution in [1.29, 1.82) is 5.26 Å². The molecule has 1 amide bonds. The van der Waals surface area contributed by atoms with E-state index in [-0.39, 0.29) is 6.61 Å². The van der Waals surface area contributed by atoms with E-state index in [0.29, 0.717) is 10.6 Å². The molecule has 1 N–H and O–H groups in total. The highest BCUT2D eigenvalue weighted by atomic mass is 35.5. The first-order valence-electron chi connectivity index (χ1n) is 6.31. The van der Waals surface area contributed by atoms with E-state index in [9.17, 15) is 4.79 Å². The second-order valence-corrected chi connectivity index (χ2v) is 4.76. The number of hydrogen-bond acceptors (Lipinski definition) is 3. The Morgan fingerprint density at radius 2 is 1.86 bits per heavy atom. The lowest BCUT2D eigenvalue weighted by Crippen LogP contribution is -2.28. The van der Waals surface area contributed by atoms with E-state index in [0.717, 1.165) is 5.56 Å². The van der Waals surface area contributed by atoms with Crippen LogP contribution in [0.3, 0.4) is 0 Å². The molecule has 0 aromatic heterocycles. The summed E-state index contributed by atoms with van der Waals surface area (Å²) in [5.74, 6) is 0. The molecule has 0 saturated heterocycles. The van der Waals surface area contributed by atoms with E-state index in [4.69, 9.17) is 21.6 Å². The average molecular weight is 301 g/mol. The Morgan fingerprint density at radius 3 is 2.48 bits per heavy atom. The lowest BCUT2D eigenvalue weighted by molar-refractivity contribution is 0.137. The largest absolute Gasteiger partial charge is 0.445 e. The first kappa shape index (κ1) is 14.9. The van der Waals surface area contributed by atoms with Gasteiger partial charge in [0, 0.05) is 5.02 Å². The molecule has 0 radical (unpaired) electrons. The number of ether oxygens (including phenoxy) is 1. The standard InChI is InChI=1S/C16H13ClN2O2/c17-14-8-6-13(7-9-14)15(10-18)19-16(20)21-11-12-4-2-1-3-5-12/h1-9,15H,11H2,(H,19,20). The molecule has 2 rings (SSSR count). The molecular formula is C16H13ClN2O2. The third-order valence-corrected chi connectivity index (χ3v) is 3.06. The quantitative estimate of drug-likeness (QED) is 0.933. The summed E-state index contributed by atoms with van der Waals surface area (Å²) in [4.78, 5) is 11.7. The Labute approximate surface area is 127 Å². The summed E-state index contributed by atoms with van der Waals surface area (Å²) >= 11 is 5.79. The van der Waals surface area contributed by atoms with Crippen molar-refractivity contribution in [3.05, 3.63) is 70.7 Å². The molecule has 21 heavy (non-hydrogen) atoms. The monoisotopic (exact) mass is 300 g/mol. The second kappa shape index (κ2) is 7.32. The molecular weight excluding hydrogens is 288 g/mol. The molecule has 2 aromatic rings. The van der Waals surface area contributed by atoms with E-state index in [1.807, 2.05) is 36.4 Å². The van der Waals surface area contributed by atoms with E-state index in [1.165, 1.54) is 0 Å². The van der Waals surface area contributed by atoms with Crippen LogP contribution in [0.2, 0.25) is 5.02 Å². The Morgan fingerprint density at radius 1 is 1.19 bits per heavy atom. The number of carbonyl (C=O) groups is 1. The third-order valence-electron chi connectivity index (χ3n) is 2.81. The van der Waals surface area contributed by atoms with Crippen LogP contribution in [-0.4, -0.2) is 6.09 Å².